The number of benzene rings is 2. The Morgan fingerprint density at radius 1 is 1.19 bits per heavy atom. The molecule has 6 nitrogen and oxygen atoms in total. The summed E-state index contributed by atoms with van der Waals surface area (Å²) >= 11 is 0. The molecule has 0 aliphatic carbocycles. The number of aryl methyl sites for hydroxylation is 1. The summed E-state index contributed by atoms with van der Waals surface area (Å²) in [4.78, 5) is 28.8. The molecule has 140 valence electrons. The van der Waals surface area contributed by atoms with Crippen molar-refractivity contribution in [3.8, 4) is 5.69 Å². The zero-order chi connectivity index (χ0) is 19.4. The molecule has 3 rings (SSSR count). The van der Waals surface area contributed by atoms with E-state index in [-0.39, 0.29) is 5.91 Å². The SMILES string of the molecule is CCCNC(=O)[C@H](C)OC(=O)c1ccc2c(c1)nc(C)n2-c1ccccc1. The van der Waals surface area contributed by atoms with Crippen LogP contribution in [0.2, 0.25) is 0 Å². The third-order valence-corrected chi connectivity index (χ3v) is 4.27. The molecule has 1 heterocycles. The summed E-state index contributed by atoms with van der Waals surface area (Å²) in [6.45, 7) is 6.01. The van der Waals surface area contributed by atoms with Gasteiger partial charge in [0.05, 0.1) is 16.6 Å². The van der Waals surface area contributed by atoms with Crippen molar-refractivity contribution in [2.45, 2.75) is 33.3 Å². The van der Waals surface area contributed by atoms with Crippen LogP contribution < -0.4 is 5.32 Å². The molecule has 0 aliphatic rings. The van der Waals surface area contributed by atoms with Crippen LogP contribution in [0.5, 0.6) is 0 Å². The molecule has 1 amide bonds. The molecular formula is C21H23N3O3. The summed E-state index contributed by atoms with van der Waals surface area (Å²) in [6.07, 6.45) is -0.0182. The van der Waals surface area contributed by atoms with E-state index in [1.54, 1.807) is 19.1 Å². The van der Waals surface area contributed by atoms with E-state index < -0.39 is 12.1 Å². The Bertz CT molecular complexity index is 963. The number of imidazole rings is 1. The Hall–Kier alpha value is -3.15. The Morgan fingerprint density at radius 3 is 2.63 bits per heavy atom. The van der Waals surface area contributed by atoms with Gasteiger partial charge in [0.2, 0.25) is 0 Å². The van der Waals surface area contributed by atoms with Crippen LogP contribution in [0, 0.1) is 6.92 Å². The van der Waals surface area contributed by atoms with E-state index in [1.165, 1.54) is 0 Å². The smallest absolute Gasteiger partial charge is 0.338 e. The molecule has 27 heavy (non-hydrogen) atoms. The van der Waals surface area contributed by atoms with Crippen molar-refractivity contribution < 1.29 is 14.3 Å². The maximum Gasteiger partial charge on any atom is 0.338 e. The van der Waals surface area contributed by atoms with E-state index in [4.69, 9.17) is 4.74 Å². The highest BCUT2D eigenvalue weighted by Crippen LogP contribution is 2.22. The van der Waals surface area contributed by atoms with Gasteiger partial charge in [-0.05, 0) is 50.6 Å². The first-order valence-electron chi connectivity index (χ1n) is 9.04. The molecular weight excluding hydrogens is 342 g/mol. The first-order chi connectivity index (χ1) is 13.0. The number of para-hydroxylation sites is 1. The van der Waals surface area contributed by atoms with Crippen molar-refractivity contribution in [3.05, 3.63) is 59.9 Å². The lowest BCUT2D eigenvalue weighted by atomic mass is 10.2. The molecule has 6 heteroatoms. The number of fused-ring (bicyclic) bond motifs is 1. The van der Waals surface area contributed by atoms with Gasteiger partial charge in [-0.15, -0.1) is 0 Å². The Kier molecular flexibility index (Phi) is 5.54. The molecule has 1 N–H and O–H groups in total. The van der Waals surface area contributed by atoms with E-state index in [0.29, 0.717) is 17.6 Å². The van der Waals surface area contributed by atoms with Crippen molar-refractivity contribution in [2.75, 3.05) is 6.54 Å². The lowest BCUT2D eigenvalue weighted by Gasteiger charge is -2.13. The number of nitrogens with one attached hydrogen (secondary N) is 1. The molecule has 0 fully saturated rings. The number of amides is 1. The first kappa shape index (κ1) is 18.6. The van der Waals surface area contributed by atoms with Crippen molar-refractivity contribution in [1.29, 1.82) is 0 Å². The summed E-state index contributed by atoms with van der Waals surface area (Å²) in [6, 6.07) is 15.2. The lowest BCUT2D eigenvalue weighted by Crippen LogP contribution is -2.36. The monoisotopic (exact) mass is 365 g/mol. The number of rotatable bonds is 6. The molecule has 0 bridgehead atoms. The molecule has 0 saturated carbocycles. The van der Waals surface area contributed by atoms with E-state index in [1.807, 2.05) is 54.8 Å². The number of ether oxygens (including phenoxy) is 1. The normalized spacial score (nSPS) is 12.0. The molecule has 0 unspecified atom stereocenters. The van der Waals surface area contributed by atoms with Crippen LogP contribution in [-0.2, 0) is 9.53 Å². The van der Waals surface area contributed by atoms with Gasteiger partial charge in [0.15, 0.2) is 6.10 Å². The third kappa shape index (κ3) is 4.00. The number of hydrogen-bond donors (Lipinski definition) is 1. The van der Waals surface area contributed by atoms with Gasteiger partial charge in [0.25, 0.3) is 5.91 Å². The van der Waals surface area contributed by atoms with Crippen molar-refractivity contribution in [2.24, 2.45) is 0 Å². The number of nitrogens with zero attached hydrogens (tertiary/aromatic N) is 2. The highest BCUT2D eigenvalue weighted by atomic mass is 16.5. The number of carbonyl (C=O) groups is 2. The second-order valence-corrected chi connectivity index (χ2v) is 6.37. The van der Waals surface area contributed by atoms with Crippen LogP contribution in [0.4, 0.5) is 0 Å². The van der Waals surface area contributed by atoms with E-state index >= 15 is 0 Å². The molecule has 0 aliphatic heterocycles. The minimum atomic E-state index is -0.844. The van der Waals surface area contributed by atoms with Gasteiger partial charge in [-0.3, -0.25) is 9.36 Å². The highest BCUT2D eigenvalue weighted by Gasteiger charge is 2.19. The number of aromatic nitrogens is 2. The minimum Gasteiger partial charge on any atom is -0.449 e. The molecule has 3 aromatic rings. The van der Waals surface area contributed by atoms with Gasteiger partial charge >= 0.3 is 5.97 Å². The number of esters is 1. The van der Waals surface area contributed by atoms with Crippen molar-refractivity contribution >= 4 is 22.9 Å². The second-order valence-electron chi connectivity index (χ2n) is 6.37. The molecule has 1 atom stereocenters. The van der Waals surface area contributed by atoms with Gasteiger partial charge in [0, 0.05) is 12.2 Å². The van der Waals surface area contributed by atoms with Crippen LogP contribution >= 0.6 is 0 Å². The summed E-state index contributed by atoms with van der Waals surface area (Å²) < 4.78 is 7.31. The lowest BCUT2D eigenvalue weighted by molar-refractivity contribution is -0.129. The summed E-state index contributed by atoms with van der Waals surface area (Å²) in [7, 11) is 0. The zero-order valence-corrected chi connectivity index (χ0v) is 15.7. The Morgan fingerprint density at radius 2 is 1.93 bits per heavy atom. The van der Waals surface area contributed by atoms with E-state index in [0.717, 1.165) is 23.4 Å². The largest absolute Gasteiger partial charge is 0.449 e. The Labute approximate surface area is 158 Å². The molecule has 0 spiro atoms. The fourth-order valence-electron chi connectivity index (χ4n) is 2.90. The third-order valence-electron chi connectivity index (χ3n) is 4.27. The van der Waals surface area contributed by atoms with Crippen LogP contribution in [0.25, 0.3) is 16.7 Å². The fraction of sp³-hybridized carbons (Fsp3) is 0.286. The van der Waals surface area contributed by atoms with Gasteiger partial charge in [0.1, 0.15) is 5.82 Å². The fourth-order valence-corrected chi connectivity index (χ4v) is 2.90. The minimum absolute atomic E-state index is 0.296. The molecule has 0 saturated heterocycles. The molecule has 0 radical (unpaired) electrons. The van der Waals surface area contributed by atoms with Gasteiger partial charge < -0.3 is 10.1 Å². The van der Waals surface area contributed by atoms with Gasteiger partial charge in [-0.1, -0.05) is 25.1 Å². The van der Waals surface area contributed by atoms with Crippen LogP contribution in [0.15, 0.2) is 48.5 Å². The van der Waals surface area contributed by atoms with Gasteiger partial charge in [-0.2, -0.15) is 0 Å². The quantitative estimate of drug-likeness (QED) is 0.680. The number of hydrogen-bond acceptors (Lipinski definition) is 4. The van der Waals surface area contributed by atoms with Crippen LogP contribution in [0.1, 0.15) is 36.5 Å². The maximum absolute atomic E-state index is 12.4. The first-order valence-corrected chi connectivity index (χ1v) is 9.04. The maximum atomic E-state index is 12.4. The Balaban J connectivity index is 1.83. The highest BCUT2D eigenvalue weighted by molar-refractivity contribution is 5.95. The summed E-state index contributed by atoms with van der Waals surface area (Å²) in [5, 5.41) is 2.72. The number of carbonyl (C=O) groups excluding carboxylic acids is 2. The summed E-state index contributed by atoms with van der Waals surface area (Å²) in [5.41, 5.74) is 2.99. The average Bonchev–Trinajstić information content (AvgIpc) is 3.01. The zero-order valence-electron chi connectivity index (χ0n) is 15.7. The summed E-state index contributed by atoms with van der Waals surface area (Å²) in [5.74, 6) is -0.00697. The average molecular weight is 365 g/mol. The van der Waals surface area contributed by atoms with Crippen LogP contribution in [-0.4, -0.2) is 34.1 Å². The molecule has 1 aromatic heterocycles. The topological polar surface area (TPSA) is 73.2 Å². The van der Waals surface area contributed by atoms with Crippen molar-refractivity contribution in [1.82, 2.24) is 14.9 Å². The van der Waals surface area contributed by atoms with E-state index in [2.05, 4.69) is 10.3 Å². The predicted molar refractivity (Wildman–Crippen MR) is 104 cm³/mol. The standard InChI is InChI=1S/C21H23N3O3/c1-4-12-22-20(25)14(2)27-21(26)16-10-11-19-18(13-16)23-15(3)24(19)17-8-6-5-7-9-17/h5-11,13-14H,4,12H2,1-3H3,(H,22,25)/t14-/m0/s1. The molecule has 2 aromatic carbocycles. The van der Waals surface area contributed by atoms with Gasteiger partial charge in [-0.25, -0.2) is 9.78 Å². The van der Waals surface area contributed by atoms with Crippen LogP contribution in [0.3, 0.4) is 0 Å². The second kappa shape index (κ2) is 8.03. The van der Waals surface area contributed by atoms with E-state index in [9.17, 15) is 9.59 Å². The van der Waals surface area contributed by atoms with Crippen molar-refractivity contribution in [3.63, 3.8) is 0 Å². The predicted octanol–water partition coefficient (Wildman–Crippen LogP) is 3.41.